The molecule has 2 N–H and O–H groups in total. The minimum absolute atomic E-state index is 0.0942. The van der Waals surface area contributed by atoms with Crippen molar-refractivity contribution in [3.05, 3.63) is 29.8 Å². The van der Waals surface area contributed by atoms with E-state index in [0.29, 0.717) is 25.4 Å². The molecule has 1 fully saturated rings. The van der Waals surface area contributed by atoms with E-state index in [1.165, 1.54) is 4.90 Å². The van der Waals surface area contributed by atoms with Crippen molar-refractivity contribution >= 4 is 29.3 Å². The quantitative estimate of drug-likeness (QED) is 0.366. The average Bonchev–Trinajstić information content (AvgIpc) is 3.10. The van der Waals surface area contributed by atoms with E-state index in [4.69, 9.17) is 4.74 Å². The molecule has 0 aromatic heterocycles. The lowest BCUT2D eigenvalue weighted by molar-refractivity contribution is -0.126. The van der Waals surface area contributed by atoms with Crippen LogP contribution in [0.3, 0.4) is 0 Å². The first kappa shape index (κ1) is 30.5. The molecular formula is C29H45N3O5. The number of amides is 4. The van der Waals surface area contributed by atoms with Gasteiger partial charge in [0, 0.05) is 18.4 Å². The van der Waals surface area contributed by atoms with Crippen LogP contribution in [0.1, 0.15) is 73.3 Å². The molecule has 1 aromatic carbocycles. The van der Waals surface area contributed by atoms with Crippen LogP contribution in [0.4, 0.5) is 5.69 Å². The molecule has 0 radical (unpaired) electrons. The number of hydrogen-bond acceptors (Lipinski definition) is 5. The van der Waals surface area contributed by atoms with Gasteiger partial charge in [-0.2, -0.15) is 0 Å². The molecular weight excluding hydrogens is 470 g/mol. The van der Waals surface area contributed by atoms with Crippen molar-refractivity contribution in [3.8, 4) is 0 Å². The van der Waals surface area contributed by atoms with Crippen LogP contribution >= 0.6 is 0 Å². The van der Waals surface area contributed by atoms with Gasteiger partial charge in [0.25, 0.3) is 0 Å². The molecule has 8 heteroatoms. The van der Waals surface area contributed by atoms with Crippen LogP contribution < -0.4 is 15.5 Å². The molecule has 4 amide bonds. The minimum atomic E-state index is -0.292. The second-order valence-electron chi connectivity index (χ2n) is 12.1. The van der Waals surface area contributed by atoms with Crippen molar-refractivity contribution in [2.45, 2.75) is 74.1 Å². The molecule has 8 nitrogen and oxygen atoms in total. The molecule has 1 saturated heterocycles. The van der Waals surface area contributed by atoms with Crippen LogP contribution in [0.5, 0.6) is 0 Å². The number of hydrogen-bond donors (Lipinski definition) is 2. The third-order valence-electron chi connectivity index (χ3n) is 6.67. The van der Waals surface area contributed by atoms with Gasteiger partial charge in [0.2, 0.25) is 23.6 Å². The zero-order chi connectivity index (χ0) is 27.8. The Morgan fingerprint density at radius 3 is 2.19 bits per heavy atom. The summed E-state index contributed by atoms with van der Waals surface area (Å²) in [5.74, 6) is -1.10. The Bertz CT molecular complexity index is 953. The van der Waals surface area contributed by atoms with E-state index in [1.807, 2.05) is 27.7 Å². The van der Waals surface area contributed by atoms with Crippen molar-refractivity contribution in [1.29, 1.82) is 0 Å². The Labute approximate surface area is 221 Å². The number of carbonyl (C=O) groups is 4. The predicted molar refractivity (Wildman–Crippen MR) is 145 cm³/mol. The zero-order valence-corrected chi connectivity index (χ0v) is 23.6. The van der Waals surface area contributed by atoms with Crippen LogP contribution in [-0.2, 0) is 30.3 Å². The van der Waals surface area contributed by atoms with E-state index >= 15 is 0 Å². The van der Waals surface area contributed by atoms with Crippen molar-refractivity contribution in [2.24, 2.45) is 22.7 Å². The molecule has 0 spiro atoms. The highest BCUT2D eigenvalue weighted by Gasteiger charge is 2.40. The van der Waals surface area contributed by atoms with E-state index in [1.54, 1.807) is 24.3 Å². The lowest BCUT2D eigenvalue weighted by Crippen LogP contribution is -2.42. The Morgan fingerprint density at radius 2 is 1.62 bits per heavy atom. The summed E-state index contributed by atoms with van der Waals surface area (Å²) >= 11 is 0. The number of ether oxygens (including phenoxy) is 1. The third kappa shape index (κ3) is 9.58. The summed E-state index contributed by atoms with van der Waals surface area (Å²) in [4.78, 5) is 50.8. The van der Waals surface area contributed by atoms with Crippen molar-refractivity contribution in [2.75, 3.05) is 31.2 Å². The van der Waals surface area contributed by atoms with Gasteiger partial charge in [-0.3, -0.25) is 24.1 Å². The van der Waals surface area contributed by atoms with Gasteiger partial charge in [0.1, 0.15) is 0 Å². The maximum atomic E-state index is 12.6. The second-order valence-corrected chi connectivity index (χ2v) is 12.1. The molecule has 2 rings (SSSR count). The summed E-state index contributed by atoms with van der Waals surface area (Å²) in [7, 11) is 0. The molecule has 0 bridgehead atoms. The molecule has 0 saturated carbocycles. The maximum absolute atomic E-state index is 12.6. The molecule has 1 heterocycles. The SMILES string of the molecule is CCCC(C)(C)COCC(C)(C)CNC(=O)CNC(=O)Cc1ccc(N2C(=O)CC(C(C)C)C2=O)cc1. The summed E-state index contributed by atoms with van der Waals surface area (Å²) in [6.45, 7) is 16.1. The standard InChI is InChI=1S/C29H45N3O5/c1-8-13-28(4,5)18-37-19-29(6,7)17-31-25(34)16-30-24(33)14-21-9-11-22(12-10-21)32-26(35)15-23(20(2)3)27(32)36/h9-12,20,23H,8,13-19H2,1-7H3,(H,30,33)(H,31,34). The van der Waals surface area contributed by atoms with Gasteiger partial charge < -0.3 is 15.4 Å². The van der Waals surface area contributed by atoms with Crippen LogP contribution in [0.25, 0.3) is 0 Å². The zero-order valence-electron chi connectivity index (χ0n) is 23.6. The molecule has 1 atom stereocenters. The highest BCUT2D eigenvalue weighted by Crippen LogP contribution is 2.31. The summed E-state index contributed by atoms with van der Waals surface area (Å²) in [6.07, 6.45) is 2.54. The van der Waals surface area contributed by atoms with Gasteiger partial charge in [0.15, 0.2) is 0 Å². The van der Waals surface area contributed by atoms with Gasteiger partial charge in [-0.15, -0.1) is 0 Å². The molecule has 0 aliphatic carbocycles. The van der Waals surface area contributed by atoms with E-state index < -0.39 is 0 Å². The number of rotatable bonds is 14. The highest BCUT2D eigenvalue weighted by atomic mass is 16.5. The summed E-state index contributed by atoms with van der Waals surface area (Å²) in [6, 6.07) is 6.81. The van der Waals surface area contributed by atoms with Crippen LogP contribution in [0.2, 0.25) is 0 Å². The smallest absolute Gasteiger partial charge is 0.239 e. The number of nitrogens with zero attached hydrogens (tertiary/aromatic N) is 1. The largest absolute Gasteiger partial charge is 0.380 e. The number of benzene rings is 1. The Kier molecular flexibility index (Phi) is 10.9. The lowest BCUT2D eigenvalue weighted by Gasteiger charge is -2.29. The van der Waals surface area contributed by atoms with E-state index in [2.05, 4.69) is 31.4 Å². The van der Waals surface area contributed by atoms with Gasteiger partial charge in [-0.25, -0.2) is 0 Å². The monoisotopic (exact) mass is 515 g/mol. The molecule has 1 aliphatic heterocycles. The molecule has 37 heavy (non-hydrogen) atoms. The third-order valence-corrected chi connectivity index (χ3v) is 6.67. The maximum Gasteiger partial charge on any atom is 0.239 e. The summed E-state index contributed by atoms with van der Waals surface area (Å²) < 4.78 is 5.92. The van der Waals surface area contributed by atoms with Gasteiger partial charge in [0.05, 0.1) is 37.8 Å². The van der Waals surface area contributed by atoms with Gasteiger partial charge >= 0.3 is 0 Å². The molecule has 1 aromatic rings. The van der Waals surface area contributed by atoms with Crippen LogP contribution in [-0.4, -0.2) is 49.9 Å². The van der Waals surface area contributed by atoms with E-state index in [0.717, 1.165) is 18.4 Å². The molecule has 206 valence electrons. The number of imide groups is 1. The fourth-order valence-electron chi connectivity index (χ4n) is 4.44. The van der Waals surface area contributed by atoms with E-state index in [-0.39, 0.29) is 65.7 Å². The topological polar surface area (TPSA) is 105 Å². The Balaban J connectivity index is 1.75. The Morgan fingerprint density at radius 1 is 1.00 bits per heavy atom. The normalized spacial score (nSPS) is 16.4. The highest BCUT2D eigenvalue weighted by molar-refractivity contribution is 6.21. The molecule has 1 aliphatic rings. The van der Waals surface area contributed by atoms with Gasteiger partial charge in [-0.1, -0.05) is 67.0 Å². The predicted octanol–water partition coefficient (Wildman–Crippen LogP) is 3.87. The van der Waals surface area contributed by atoms with E-state index in [9.17, 15) is 19.2 Å². The summed E-state index contributed by atoms with van der Waals surface area (Å²) in [5, 5.41) is 5.52. The number of carbonyl (C=O) groups excluding carboxylic acids is 4. The van der Waals surface area contributed by atoms with Crippen LogP contribution in [0, 0.1) is 22.7 Å². The number of nitrogens with one attached hydrogen (secondary N) is 2. The Hall–Kier alpha value is -2.74. The first-order valence-corrected chi connectivity index (χ1v) is 13.3. The lowest BCUT2D eigenvalue weighted by atomic mass is 9.89. The fourth-order valence-corrected chi connectivity index (χ4v) is 4.44. The van der Waals surface area contributed by atoms with Crippen molar-refractivity contribution in [1.82, 2.24) is 10.6 Å². The van der Waals surface area contributed by atoms with Gasteiger partial charge in [-0.05, 0) is 35.4 Å². The average molecular weight is 516 g/mol. The van der Waals surface area contributed by atoms with Crippen molar-refractivity contribution < 1.29 is 23.9 Å². The minimum Gasteiger partial charge on any atom is -0.380 e. The first-order valence-electron chi connectivity index (χ1n) is 13.3. The first-order chi connectivity index (χ1) is 17.2. The second kappa shape index (κ2) is 13.2. The van der Waals surface area contributed by atoms with Crippen molar-refractivity contribution in [3.63, 3.8) is 0 Å². The fraction of sp³-hybridized carbons (Fsp3) is 0.655. The summed E-state index contributed by atoms with van der Waals surface area (Å²) in [5.41, 5.74) is 1.16. The number of anilines is 1. The molecule has 1 unspecified atom stereocenters. The van der Waals surface area contributed by atoms with Crippen LogP contribution in [0.15, 0.2) is 24.3 Å².